The van der Waals surface area contributed by atoms with Crippen LogP contribution in [-0.4, -0.2) is 9.61 Å². The van der Waals surface area contributed by atoms with Crippen LogP contribution in [0.1, 0.15) is 52.7 Å². The third kappa shape index (κ3) is 2.21. The Labute approximate surface area is 104 Å². The predicted molar refractivity (Wildman–Crippen MR) is 72.6 cm³/mol. The molecule has 0 aliphatic carbocycles. The van der Waals surface area contributed by atoms with E-state index in [9.17, 15) is 0 Å². The van der Waals surface area contributed by atoms with Gasteiger partial charge in [0.2, 0.25) is 0 Å². The lowest BCUT2D eigenvalue weighted by Gasteiger charge is -2.21. The largest absolute Gasteiger partial charge is 0.241 e. The summed E-state index contributed by atoms with van der Waals surface area (Å²) in [5, 5.41) is 4.42. The predicted octanol–water partition coefficient (Wildman–Crippen LogP) is 3.93. The molecule has 0 fully saturated rings. The van der Waals surface area contributed by atoms with Crippen molar-refractivity contribution in [2.45, 2.75) is 52.4 Å². The van der Waals surface area contributed by atoms with Crippen LogP contribution in [0.3, 0.4) is 0 Å². The molecule has 0 aromatic carbocycles. The van der Waals surface area contributed by atoms with Crippen LogP contribution in [0.5, 0.6) is 0 Å². The second-order valence-corrected chi connectivity index (χ2v) is 6.80. The summed E-state index contributed by atoms with van der Waals surface area (Å²) in [6.07, 6.45) is 4.05. The molecule has 0 radical (unpaired) electrons. The Morgan fingerprint density at radius 1 is 1.00 bits per heavy atom. The Hall–Kier alpha value is -1.31. The van der Waals surface area contributed by atoms with Gasteiger partial charge >= 0.3 is 0 Å². The Kier molecular flexibility index (Phi) is 2.57. The first-order valence-electron chi connectivity index (χ1n) is 6.18. The van der Waals surface area contributed by atoms with Gasteiger partial charge in [0, 0.05) is 11.8 Å². The Morgan fingerprint density at radius 2 is 1.65 bits per heavy atom. The molecule has 0 atom stereocenters. The average molecular weight is 230 g/mol. The highest BCUT2D eigenvalue weighted by molar-refractivity contribution is 5.58. The van der Waals surface area contributed by atoms with Crippen molar-refractivity contribution in [3.05, 3.63) is 35.7 Å². The van der Waals surface area contributed by atoms with Crippen molar-refractivity contribution in [3.8, 4) is 0 Å². The average Bonchev–Trinajstić information content (AvgIpc) is 2.57. The van der Waals surface area contributed by atoms with E-state index in [4.69, 9.17) is 0 Å². The van der Waals surface area contributed by atoms with Gasteiger partial charge in [0.1, 0.15) is 0 Å². The minimum absolute atomic E-state index is 0.137. The number of rotatable bonds is 0. The molecule has 0 aliphatic rings. The van der Waals surface area contributed by atoms with Crippen molar-refractivity contribution in [1.82, 2.24) is 9.61 Å². The molecule has 2 nitrogen and oxygen atoms in total. The molecule has 0 spiro atoms. The minimum Gasteiger partial charge on any atom is -0.241 e. The molecular weight excluding hydrogens is 208 g/mol. The normalized spacial score (nSPS) is 13.3. The van der Waals surface area contributed by atoms with Crippen molar-refractivity contribution in [3.63, 3.8) is 0 Å². The molecule has 92 valence electrons. The summed E-state index contributed by atoms with van der Waals surface area (Å²) >= 11 is 0. The number of hydrogen-bond acceptors (Lipinski definition) is 1. The highest BCUT2D eigenvalue weighted by atomic mass is 15.2. The lowest BCUT2D eigenvalue weighted by Crippen LogP contribution is -2.13. The number of pyridine rings is 1. The second kappa shape index (κ2) is 3.59. The maximum absolute atomic E-state index is 4.42. The van der Waals surface area contributed by atoms with E-state index in [1.807, 2.05) is 10.7 Å². The molecule has 0 N–H and O–H groups in total. The van der Waals surface area contributed by atoms with E-state index in [0.29, 0.717) is 0 Å². The summed E-state index contributed by atoms with van der Waals surface area (Å²) in [6.45, 7) is 13.4. The van der Waals surface area contributed by atoms with E-state index in [0.717, 1.165) is 0 Å². The first-order chi connectivity index (χ1) is 7.69. The van der Waals surface area contributed by atoms with E-state index in [1.54, 1.807) is 0 Å². The van der Waals surface area contributed by atoms with Gasteiger partial charge in [-0.25, -0.2) is 4.52 Å². The van der Waals surface area contributed by atoms with Crippen LogP contribution in [0.4, 0.5) is 0 Å². The second-order valence-electron chi connectivity index (χ2n) is 6.80. The first-order valence-corrected chi connectivity index (χ1v) is 6.18. The summed E-state index contributed by atoms with van der Waals surface area (Å²) in [6, 6.07) is 4.43. The smallest absolute Gasteiger partial charge is 0.0701 e. The Bertz CT molecular complexity index is 536. The van der Waals surface area contributed by atoms with Crippen molar-refractivity contribution < 1.29 is 0 Å². The van der Waals surface area contributed by atoms with Crippen LogP contribution in [-0.2, 0) is 10.8 Å². The lowest BCUT2D eigenvalue weighted by molar-refractivity contribution is 0.586. The molecule has 0 saturated carbocycles. The van der Waals surface area contributed by atoms with Gasteiger partial charge in [-0.1, -0.05) is 41.5 Å². The molecule has 2 heteroatoms. The van der Waals surface area contributed by atoms with Gasteiger partial charge in [0.25, 0.3) is 0 Å². The molecular formula is C15H22N2. The van der Waals surface area contributed by atoms with E-state index in [-0.39, 0.29) is 10.8 Å². The maximum Gasteiger partial charge on any atom is 0.0701 e. The highest BCUT2D eigenvalue weighted by Gasteiger charge is 2.21. The van der Waals surface area contributed by atoms with Crippen LogP contribution < -0.4 is 0 Å². The third-order valence-electron chi connectivity index (χ3n) is 3.20. The van der Waals surface area contributed by atoms with Crippen LogP contribution in [0.25, 0.3) is 5.52 Å². The van der Waals surface area contributed by atoms with Crippen molar-refractivity contribution in [2.75, 3.05) is 0 Å². The molecule has 2 heterocycles. The SMILES string of the molecule is CC(C)(C)c1ccn2ncc(C(C)(C)C)c2c1. The molecule has 2 rings (SSSR count). The quantitative estimate of drug-likeness (QED) is 0.670. The number of nitrogens with zero attached hydrogens (tertiary/aromatic N) is 2. The van der Waals surface area contributed by atoms with Gasteiger partial charge in [-0.2, -0.15) is 5.10 Å². The summed E-state index contributed by atoms with van der Waals surface area (Å²) in [5.74, 6) is 0. The summed E-state index contributed by atoms with van der Waals surface area (Å²) in [4.78, 5) is 0. The van der Waals surface area contributed by atoms with E-state index >= 15 is 0 Å². The summed E-state index contributed by atoms with van der Waals surface area (Å²) in [5.41, 5.74) is 4.21. The maximum atomic E-state index is 4.42. The van der Waals surface area contributed by atoms with Crippen LogP contribution in [0.15, 0.2) is 24.5 Å². The molecule has 17 heavy (non-hydrogen) atoms. The van der Waals surface area contributed by atoms with Gasteiger partial charge in [-0.05, 0) is 28.5 Å². The van der Waals surface area contributed by atoms with E-state index in [1.165, 1.54) is 16.6 Å². The topological polar surface area (TPSA) is 17.3 Å². The fraction of sp³-hybridized carbons (Fsp3) is 0.533. The first kappa shape index (κ1) is 12.2. The zero-order valence-corrected chi connectivity index (χ0v) is 11.7. The molecule has 2 aromatic heterocycles. The van der Waals surface area contributed by atoms with Gasteiger partial charge in [-0.3, -0.25) is 0 Å². The third-order valence-corrected chi connectivity index (χ3v) is 3.20. The van der Waals surface area contributed by atoms with Crippen LogP contribution in [0.2, 0.25) is 0 Å². The molecule has 2 aromatic rings. The monoisotopic (exact) mass is 230 g/mol. The molecule has 0 bridgehead atoms. The molecule has 0 saturated heterocycles. The molecule has 0 unspecified atom stereocenters. The van der Waals surface area contributed by atoms with Crippen molar-refractivity contribution >= 4 is 5.52 Å². The Morgan fingerprint density at radius 3 is 2.18 bits per heavy atom. The summed E-state index contributed by atoms with van der Waals surface area (Å²) in [7, 11) is 0. The molecule has 0 amide bonds. The van der Waals surface area contributed by atoms with E-state index < -0.39 is 0 Å². The standard InChI is InChI=1S/C15H22N2/c1-14(2,3)11-7-8-17-13(9-11)12(10-16-17)15(4,5)6/h7-10H,1-6H3. The van der Waals surface area contributed by atoms with Gasteiger partial charge in [-0.15, -0.1) is 0 Å². The molecule has 0 aliphatic heterocycles. The van der Waals surface area contributed by atoms with Gasteiger partial charge in [0.05, 0.1) is 11.7 Å². The van der Waals surface area contributed by atoms with Gasteiger partial charge in [0.15, 0.2) is 0 Å². The Balaban J connectivity index is 2.67. The van der Waals surface area contributed by atoms with Crippen molar-refractivity contribution in [1.29, 1.82) is 0 Å². The van der Waals surface area contributed by atoms with E-state index in [2.05, 4.69) is 65.0 Å². The number of fused-ring (bicyclic) bond motifs is 1. The zero-order valence-electron chi connectivity index (χ0n) is 11.7. The summed E-state index contributed by atoms with van der Waals surface area (Å²) < 4.78 is 1.97. The number of hydrogen-bond donors (Lipinski definition) is 0. The van der Waals surface area contributed by atoms with Crippen LogP contribution >= 0.6 is 0 Å². The fourth-order valence-corrected chi connectivity index (χ4v) is 2.03. The van der Waals surface area contributed by atoms with Crippen LogP contribution in [0, 0.1) is 0 Å². The number of aromatic nitrogens is 2. The van der Waals surface area contributed by atoms with Gasteiger partial charge < -0.3 is 0 Å². The lowest BCUT2D eigenvalue weighted by atomic mass is 9.85. The fourth-order valence-electron chi connectivity index (χ4n) is 2.03. The highest BCUT2D eigenvalue weighted by Crippen LogP contribution is 2.29. The zero-order chi connectivity index (χ0) is 12.8. The van der Waals surface area contributed by atoms with Crippen molar-refractivity contribution in [2.24, 2.45) is 0 Å². The minimum atomic E-state index is 0.137.